The van der Waals surface area contributed by atoms with Gasteiger partial charge < -0.3 is 10.1 Å². The number of hydrogen-bond acceptors (Lipinski definition) is 5. The number of aryl methyl sites for hydroxylation is 1. The Morgan fingerprint density at radius 3 is 2.25 bits per heavy atom. The van der Waals surface area contributed by atoms with Crippen molar-refractivity contribution in [2.45, 2.75) is 20.0 Å². The Bertz CT molecular complexity index is 867. The van der Waals surface area contributed by atoms with E-state index in [2.05, 4.69) is 16.2 Å². The molecule has 0 saturated carbocycles. The SMILES string of the molecule is Cc1cccc(C(=O)NCC(=O)O[C@@H](C)C(=O)NNC(=O)c2ccccc2)c1. The quantitative estimate of drug-likeness (QED) is 0.511. The molecule has 3 amide bonds. The molecule has 0 aliphatic carbocycles. The topological polar surface area (TPSA) is 114 Å². The third-order valence-electron chi connectivity index (χ3n) is 3.69. The van der Waals surface area contributed by atoms with E-state index in [9.17, 15) is 19.2 Å². The molecule has 0 unspecified atom stereocenters. The second-order valence-electron chi connectivity index (χ2n) is 5.99. The molecule has 8 heteroatoms. The molecule has 0 aromatic heterocycles. The minimum absolute atomic E-state index is 0.367. The van der Waals surface area contributed by atoms with Gasteiger partial charge >= 0.3 is 5.97 Å². The van der Waals surface area contributed by atoms with Crippen LogP contribution in [0.5, 0.6) is 0 Å². The van der Waals surface area contributed by atoms with E-state index in [4.69, 9.17) is 4.74 Å². The molecule has 0 radical (unpaired) electrons. The second kappa shape index (κ2) is 9.86. The molecule has 0 heterocycles. The lowest BCUT2D eigenvalue weighted by Gasteiger charge is -2.14. The van der Waals surface area contributed by atoms with Crippen LogP contribution in [0, 0.1) is 6.92 Å². The fraction of sp³-hybridized carbons (Fsp3) is 0.200. The number of benzene rings is 2. The van der Waals surface area contributed by atoms with Crippen LogP contribution in [0.4, 0.5) is 0 Å². The van der Waals surface area contributed by atoms with E-state index in [1.807, 2.05) is 13.0 Å². The summed E-state index contributed by atoms with van der Waals surface area (Å²) >= 11 is 0. The molecular formula is C20H21N3O5. The number of rotatable bonds is 6. The van der Waals surface area contributed by atoms with Crippen molar-refractivity contribution >= 4 is 23.7 Å². The van der Waals surface area contributed by atoms with E-state index in [1.165, 1.54) is 6.92 Å². The van der Waals surface area contributed by atoms with Crippen molar-refractivity contribution in [1.82, 2.24) is 16.2 Å². The molecule has 3 N–H and O–H groups in total. The number of ether oxygens (including phenoxy) is 1. The normalized spacial score (nSPS) is 11.1. The number of nitrogens with one attached hydrogen (secondary N) is 3. The van der Waals surface area contributed by atoms with E-state index in [0.29, 0.717) is 11.1 Å². The highest BCUT2D eigenvalue weighted by atomic mass is 16.5. The third-order valence-corrected chi connectivity index (χ3v) is 3.69. The molecule has 146 valence electrons. The van der Waals surface area contributed by atoms with Gasteiger partial charge in [-0.1, -0.05) is 35.9 Å². The Balaban J connectivity index is 1.74. The van der Waals surface area contributed by atoms with E-state index in [0.717, 1.165) is 5.56 Å². The minimum atomic E-state index is -1.15. The van der Waals surface area contributed by atoms with Crippen molar-refractivity contribution in [3.63, 3.8) is 0 Å². The van der Waals surface area contributed by atoms with Crippen LogP contribution in [0.1, 0.15) is 33.2 Å². The van der Waals surface area contributed by atoms with Crippen LogP contribution >= 0.6 is 0 Å². The molecule has 0 bridgehead atoms. The highest BCUT2D eigenvalue weighted by Gasteiger charge is 2.19. The average molecular weight is 383 g/mol. The molecule has 8 nitrogen and oxygen atoms in total. The van der Waals surface area contributed by atoms with Gasteiger partial charge in [-0.15, -0.1) is 0 Å². The summed E-state index contributed by atoms with van der Waals surface area (Å²) in [6.45, 7) is 2.81. The van der Waals surface area contributed by atoms with Crippen molar-refractivity contribution in [3.05, 3.63) is 71.3 Å². The Labute approximate surface area is 162 Å². The summed E-state index contributed by atoms with van der Waals surface area (Å²) in [5.41, 5.74) is 6.11. The first-order chi connectivity index (χ1) is 13.4. The fourth-order valence-corrected chi connectivity index (χ4v) is 2.21. The van der Waals surface area contributed by atoms with Gasteiger partial charge in [-0.05, 0) is 38.1 Å². The summed E-state index contributed by atoms with van der Waals surface area (Å²) in [4.78, 5) is 47.6. The van der Waals surface area contributed by atoms with Crippen LogP contribution in [0.15, 0.2) is 54.6 Å². The van der Waals surface area contributed by atoms with E-state index in [-0.39, 0.29) is 6.54 Å². The van der Waals surface area contributed by atoms with Crippen LogP contribution in [0.3, 0.4) is 0 Å². The lowest BCUT2D eigenvalue weighted by atomic mass is 10.1. The van der Waals surface area contributed by atoms with Crippen LogP contribution in [0.25, 0.3) is 0 Å². The van der Waals surface area contributed by atoms with Crippen LogP contribution < -0.4 is 16.2 Å². The predicted octanol–water partition coefficient (Wildman–Crippen LogP) is 1.12. The largest absolute Gasteiger partial charge is 0.451 e. The van der Waals surface area contributed by atoms with Crippen molar-refractivity contribution in [2.24, 2.45) is 0 Å². The van der Waals surface area contributed by atoms with Crippen molar-refractivity contribution < 1.29 is 23.9 Å². The van der Waals surface area contributed by atoms with Crippen LogP contribution in [-0.4, -0.2) is 36.3 Å². The smallest absolute Gasteiger partial charge is 0.326 e. The zero-order valence-electron chi connectivity index (χ0n) is 15.5. The highest BCUT2D eigenvalue weighted by molar-refractivity contribution is 5.97. The summed E-state index contributed by atoms with van der Waals surface area (Å²) in [7, 11) is 0. The predicted molar refractivity (Wildman–Crippen MR) is 101 cm³/mol. The molecule has 1 atom stereocenters. The van der Waals surface area contributed by atoms with Gasteiger partial charge in [0, 0.05) is 11.1 Å². The molecule has 28 heavy (non-hydrogen) atoms. The zero-order valence-corrected chi connectivity index (χ0v) is 15.5. The first kappa shape index (κ1) is 20.6. The maximum absolute atomic E-state index is 12.0. The number of amides is 3. The molecule has 0 aliphatic rings. The van der Waals surface area contributed by atoms with Crippen LogP contribution in [0.2, 0.25) is 0 Å². The molecule has 2 aromatic rings. The molecule has 0 spiro atoms. The van der Waals surface area contributed by atoms with Crippen molar-refractivity contribution in [3.8, 4) is 0 Å². The summed E-state index contributed by atoms with van der Waals surface area (Å²) in [5, 5.41) is 2.43. The number of hydrazine groups is 1. The van der Waals surface area contributed by atoms with Gasteiger partial charge in [0.1, 0.15) is 6.54 Å². The fourth-order valence-electron chi connectivity index (χ4n) is 2.21. The Kier molecular flexibility index (Phi) is 7.27. The van der Waals surface area contributed by atoms with Gasteiger partial charge in [0.15, 0.2) is 6.10 Å². The first-order valence-corrected chi connectivity index (χ1v) is 8.56. The summed E-state index contributed by atoms with van der Waals surface area (Å²) in [5.74, 6) is -2.41. The zero-order chi connectivity index (χ0) is 20.5. The first-order valence-electron chi connectivity index (χ1n) is 8.56. The molecule has 0 saturated heterocycles. The van der Waals surface area contributed by atoms with Gasteiger partial charge in [-0.2, -0.15) is 0 Å². The molecular weight excluding hydrogens is 362 g/mol. The highest BCUT2D eigenvalue weighted by Crippen LogP contribution is 2.03. The average Bonchev–Trinajstić information content (AvgIpc) is 2.70. The van der Waals surface area contributed by atoms with Gasteiger partial charge in [-0.3, -0.25) is 30.0 Å². The summed E-state index contributed by atoms with van der Waals surface area (Å²) < 4.78 is 4.94. The number of carbonyl (C=O) groups excluding carboxylic acids is 4. The Hall–Kier alpha value is -3.68. The third kappa shape index (κ3) is 6.24. The Morgan fingerprint density at radius 1 is 0.893 bits per heavy atom. The molecule has 2 rings (SSSR count). The number of esters is 1. The van der Waals surface area contributed by atoms with Gasteiger partial charge in [0.2, 0.25) is 0 Å². The Morgan fingerprint density at radius 2 is 1.57 bits per heavy atom. The van der Waals surface area contributed by atoms with E-state index >= 15 is 0 Å². The monoisotopic (exact) mass is 383 g/mol. The standard InChI is InChI=1S/C20H21N3O5/c1-13-7-6-10-16(11-13)19(26)21-12-17(24)28-14(2)18(25)22-23-20(27)15-8-4-3-5-9-15/h3-11,14H,12H2,1-2H3,(H,21,26)(H,22,25)(H,23,27)/t14-/m0/s1. The minimum Gasteiger partial charge on any atom is -0.451 e. The second-order valence-corrected chi connectivity index (χ2v) is 5.99. The maximum Gasteiger partial charge on any atom is 0.326 e. The van der Waals surface area contributed by atoms with E-state index in [1.54, 1.807) is 48.5 Å². The van der Waals surface area contributed by atoms with E-state index < -0.39 is 29.8 Å². The lowest BCUT2D eigenvalue weighted by Crippen LogP contribution is -2.47. The van der Waals surface area contributed by atoms with Gasteiger partial charge in [0.25, 0.3) is 17.7 Å². The molecule has 0 fully saturated rings. The summed E-state index contributed by atoms with van der Waals surface area (Å²) in [6.07, 6.45) is -1.15. The summed E-state index contributed by atoms with van der Waals surface area (Å²) in [6, 6.07) is 15.2. The number of hydrogen-bond donors (Lipinski definition) is 3. The van der Waals surface area contributed by atoms with Gasteiger partial charge in [0.05, 0.1) is 0 Å². The van der Waals surface area contributed by atoms with Crippen molar-refractivity contribution in [1.29, 1.82) is 0 Å². The van der Waals surface area contributed by atoms with Crippen LogP contribution in [-0.2, 0) is 14.3 Å². The number of carbonyl (C=O) groups is 4. The molecule has 2 aromatic carbocycles. The van der Waals surface area contributed by atoms with Crippen molar-refractivity contribution in [2.75, 3.05) is 6.54 Å². The molecule has 0 aliphatic heterocycles. The maximum atomic E-state index is 12.0. The lowest BCUT2D eigenvalue weighted by molar-refractivity contribution is -0.154. The van der Waals surface area contributed by atoms with Gasteiger partial charge in [-0.25, -0.2) is 0 Å².